The Bertz CT molecular complexity index is 469. The molecule has 1 aromatic rings. The van der Waals surface area contributed by atoms with Gasteiger partial charge in [-0.25, -0.2) is 0 Å². The molecule has 1 aliphatic heterocycles. The largest absolute Gasteiger partial charge is 0.359 e. The third-order valence-electron chi connectivity index (χ3n) is 3.85. The van der Waals surface area contributed by atoms with E-state index in [1.54, 1.807) is 0 Å². The first kappa shape index (κ1) is 14.9. The van der Waals surface area contributed by atoms with Crippen LogP contribution in [0.5, 0.6) is 0 Å². The van der Waals surface area contributed by atoms with Crippen LogP contribution in [0.4, 0.5) is 0 Å². The topological polar surface area (TPSA) is 24.4 Å². The summed E-state index contributed by atoms with van der Waals surface area (Å²) in [7, 11) is 0. The normalized spacial score (nSPS) is 21.4. The van der Waals surface area contributed by atoms with Crippen LogP contribution >= 0.6 is 27.7 Å². The Balaban J connectivity index is 2.10. The van der Waals surface area contributed by atoms with E-state index in [1.165, 1.54) is 5.56 Å². The zero-order chi connectivity index (χ0) is 13.9. The number of rotatable bonds is 4. The molecule has 2 rings (SSSR count). The Kier molecular flexibility index (Phi) is 4.96. The number of aliphatic imine (C=N–C) groups is 1. The van der Waals surface area contributed by atoms with Crippen LogP contribution in [-0.2, 0) is 0 Å². The van der Waals surface area contributed by atoms with Gasteiger partial charge in [0, 0.05) is 15.8 Å². The van der Waals surface area contributed by atoms with Crippen molar-refractivity contribution in [3.63, 3.8) is 0 Å². The lowest BCUT2D eigenvalue weighted by molar-refractivity contribution is 0.407. The molecule has 1 unspecified atom stereocenters. The Labute approximate surface area is 128 Å². The molecule has 0 amide bonds. The third kappa shape index (κ3) is 3.54. The van der Waals surface area contributed by atoms with E-state index in [1.807, 2.05) is 17.8 Å². The van der Waals surface area contributed by atoms with E-state index in [4.69, 9.17) is 4.99 Å². The molecule has 1 atom stereocenters. The molecular weight excluding hydrogens is 320 g/mol. The van der Waals surface area contributed by atoms with Gasteiger partial charge in [0.05, 0.1) is 6.04 Å². The SMILES string of the molecule is CCC1(CC)CSC(=NC(C)c2cccc(Br)c2)N1. The molecule has 0 saturated carbocycles. The Hall–Kier alpha value is -0.480. The maximum absolute atomic E-state index is 4.83. The average Bonchev–Trinajstić information content (AvgIpc) is 2.83. The summed E-state index contributed by atoms with van der Waals surface area (Å²) in [6.45, 7) is 6.64. The number of hydrogen-bond donors (Lipinski definition) is 1. The molecule has 0 spiro atoms. The highest BCUT2D eigenvalue weighted by molar-refractivity contribution is 9.10. The Morgan fingerprint density at radius 2 is 2.16 bits per heavy atom. The molecule has 2 nitrogen and oxygen atoms in total. The summed E-state index contributed by atoms with van der Waals surface area (Å²) in [6, 6.07) is 8.57. The van der Waals surface area contributed by atoms with Crippen molar-refractivity contribution in [2.75, 3.05) is 5.75 Å². The maximum Gasteiger partial charge on any atom is 0.157 e. The predicted octanol–water partition coefficient (Wildman–Crippen LogP) is 4.76. The highest BCUT2D eigenvalue weighted by atomic mass is 79.9. The van der Waals surface area contributed by atoms with E-state index >= 15 is 0 Å². The summed E-state index contributed by atoms with van der Waals surface area (Å²) < 4.78 is 1.11. The summed E-state index contributed by atoms with van der Waals surface area (Å²) in [6.07, 6.45) is 2.31. The average molecular weight is 341 g/mol. The molecule has 0 aliphatic carbocycles. The van der Waals surface area contributed by atoms with Gasteiger partial charge in [0.1, 0.15) is 0 Å². The lowest BCUT2D eigenvalue weighted by atomic mass is 9.96. The number of amidine groups is 1. The van der Waals surface area contributed by atoms with E-state index in [-0.39, 0.29) is 11.6 Å². The second-order valence-electron chi connectivity index (χ2n) is 5.07. The molecule has 1 saturated heterocycles. The molecule has 1 fully saturated rings. The fourth-order valence-electron chi connectivity index (χ4n) is 2.22. The zero-order valence-electron chi connectivity index (χ0n) is 11.7. The van der Waals surface area contributed by atoms with E-state index in [2.05, 4.69) is 60.2 Å². The monoisotopic (exact) mass is 340 g/mol. The van der Waals surface area contributed by atoms with Crippen LogP contribution in [0.2, 0.25) is 0 Å². The molecule has 1 aliphatic rings. The molecule has 0 bridgehead atoms. The molecule has 0 aromatic heterocycles. The smallest absolute Gasteiger partial charge is 0.157 e. The minimum atomic E-state index is 0.192. The van der Waals surface area contributed by atoms with Crippen LogP contribution in [-0.4, -0.2) is 16.5 Å². The summed E-state index contributed by atoms with van der Waals surface area (Å²) in [5.74, 6) is 1.13. The fraction of sp³-hybridized carbons (Fsp3) is 0.533. The number of hydrogen-bond acceptors (Lipinski definition) is 2. The van der Waals surface area contributed by atoms with Crippen LogP contribution in [0.3, 0.4) is 0 Å². The van der Waals surface area contributed by atoms with Crippen LogP contribution in [0.15, 0.2) is 33.7 Å². The summed E-state index contributed by atoms with van der Waals surface area (Å²) in [5.41, 5.74) is 1.50. The van der Waals surface area contributed by atoms with Crippen LogP contribution < -0.4 is 5.32 Å². The van der Waals surface area contributed by atoms with E-state index in [0.717, 1.165) is 28.2 Å². The molecule has 4 heteroatoms. The van der Waals surface area contributed by atoms with Crippen molar-refractivity contribution in [1.29, 1.82) is 0 Å². The minimum Gasteiger partial charge on any atom is -0.359 e. The van der Waals surface area contributed by atoms with Crippen molar-refractivity contribution in [2.24, 2.45) is 4.99 Å². The van der Waals surface area contributed by atoms with Crippen molar-refractivity contribution >= 4 is 32.9 Å². The van der Waals surface area contributed by atoms with Crippen molar-refractivity contribution < 1.29 is 0 Å². The Morgan fingerprint density at radius 3 is 2.74 bits per heavy atom. The molecule has 104 valence electrons. The Morgan fingerprint density at radius 1 is 1.42 bits per heavy atom. The van der Waals surface area contributed by atoms with Crippen LogP contribution in [0, 0.1) is 0 Å². The summed E-state index contributed by atoms with van der Waals surface area (Å²) >= 11 is 5.37. The zero-order valence-corrected chi connectivity index (χ0v) is 14.1. The first-order valence-corrected chi connectivity index (χ1v) is 8.60. The van der Waals surface area contributed by atoms with Gasteiger partial charge in [0.2, 0.25) is 0 Å². The first-order valence-electron chi connectivity index (χ1n) is 6.83. The lowest BCUT2D eigenvalue weighted by Crippen LogP contribution is -2.42. The van der Waals surface area contributed by atoms with Crippen LogP contribution in [0.25, 0.3) is 0 Å². The van der Waals surface area contributed by atoms with Gasteiger partial charge in [0.25, 0.3) is 0 Å². The van der Waals surface area contributed by atoms with Gasteiger partial charge in [-0.1, -0.05) is 53.7 Å². The second-order valence-corrected chi connectivity index (χ2v) is 6.95. The summed E-state index contributed by atoms with van der Waals surface area (Å²) in [4.78, 5) is 4.83. The number of benzene rings is 1. The van der Waals surface area contributed by atoms with E-state index in [0.29, 0.717) is 0 Å². The third-order valence-corrected chi connectivity index (χ3v) is 5.52. The quantitative estimate of drug-likeness (QED) is 0.854. The number of nitrogens with zero attached hydrogens (tertiary/aromatic N) is 1. The van der Waals surface area contributed by atoms with Gasteiger partial charge in [-0.2, -0.15) is 0 Å². The number of thioether (sulfide) groups is 1. The van der Waals surface area contributed by atoms with Gasteiger partial charge >= 0.3 is 0 Å². The molecule has 1 N–H and O–H groups in total. The fourth-order valence-corrected chi connectivity index (χ4v) is 4.05. The molecule has 0 radical (unpaired) electrons. The van der Waals surface area contributed by atoms with E-state index in [9.17, 15) is 0 Å². The van der Waals surface area contributed by atoms with Gasteiger partial charge in [-0.3, -0.25) is 4.99 Å². The van der Waals surface area contributed by atoms with Crippen molar-refractivity contribution in [2.45, 2.75) is 45.2 Å². The van der Waals surface area contributed by atoms with Crippen molar-refractivity contribution in [3.05, 3.63) is 34.3 Å². The lowest BCUT2D eigenvalue weighted by Gasteiger charge is -2.25. The highest BCUT2D eigenvalue weighted by Crippen LogP contribution is 2.31. The molecule has 1 heterocycles. The molecule has 19 heavy (non-hydrogen) atoms. The standard InChI is InChI=1S/C15H21BrN2S/c1-4-15(5-2)10-19-14(18-15)17-11(3)12-7-6-8-13(16)9-12/h6-9,11H,4-5,10H2,1-3H3,(H,17,18). The highest BCUT2D eigenvalue weighted by Gasteiger charge is 2.33. The maximum atomic E-state index is 4.83. The van der Waals surface area contributed by atoms with Gasteiger partial charge < -0.3 is 5.32 Å². The van der Waals surface area contributed by atoms with Crippen LogP contribution in [0.1, 0.15) is 45.2 Å². The first-order chi connectivity index (χ1) is 9.08. The van der Waals surface area contributed by atoms with Gasteiger partial charge in [-0.15, -0.1) is 0 Å². The van der Waals surface area contributed by atoms with Gasteiger partial charge in [0.15, 0.2) is 5.17 Å². The molecular formula is C15H21BrN2S. The summed E-state index contributed by atoms with van der Waals surface area (Å²) in [5, 5.41) is 4.71. The number of halogens is 1. The predicted molar refractivity (Wildman–Crippen MR) is 88.9 cm³/mol. The van der Waals surface area contributed by atoms with E-state index < -0.39 is 0 Å². The minimum absolute atomic E-state index is 0.192. The number of nitrogens with one attached hydrogen (secondary N) is 1. The van der Waals surface area contributed by atoms with Gasteiger partial charge in [-0.05, 0) is 37.5 Å². The van der Waals surface area contributed by atoms with Crippen molar-refractivity contribution in [3.8, 4) is 0 Å². The molecule has 1 aromatic carbocycles. The van der Waals surface area contributed by atoms with Crippen molar-refractivity contribution in [1.82, 2.24) is 5.32 Å². The second kappa shape index (κ2) is 6.31.